The van der Waals surface area contributed by atoms with E-state index in [0.717, 1.165) is 18.8 Å². The molecule has 0 unspecified atom stereocenters. The van der Waals surface area contributed by atoms with E-state index in [1.54, 1.807) is 14.0 Å². The molecule has 1 rings (SSSR count). The number of methoxy groups -OCH3 is 1. The first-order chi connectivity index (χ1) is 8.93. The Hall–Kier alpha value is -1.35. The van der Waals surface area contributed by atoms with Gasteiger partial charge in [-0.25, -0.2) is 0 Å². The summed E-state index contributed by atoms with van der Waals surface area (Å²) in [6, 6.07) is 6.35. The van der Waals surface area contributed by atoms with Gasteiger partial charge in [0.15, 0.2) is 0 Å². The highest BCUT2D eigenvalue weighted by molar-refractivity contribution is 5.75. The van der Waals surface area contributed by atoms with Crippen molar-refractivity contribution in [3.8, 4) is 5.75 Å². The Kier molecular flexibility index (Phi) is 6.03. The Morgan fingerprint density at radius 1 is 1.37 bits per heavy atom. The van der Waals surface area contributed by atoms with Crippen molar-refractivity contribution in [2.75, 3.05) is 20.7 Å². The largest absolute Gasteiger partial charge is 0.496 e. The number of Topliss-reactive ketones (excluding diaryl/α,β-unsaturated/α-hetero) is 1. The number of hydrogen-bond acceptors (Lipinski definition) is 3. The fourth-order valence-electron chi connectivity index (χ4n) is 2.00. The highest BCUT2D eigenvalue weighted by Gasteiger charge is 2.09. The lowest BCUT2D eigenvalue weighted by Crippen LogP contribution is -2.21. The fourth-order valence-corrected chi connectivity index (χ4v) is 2.00. The summed E-state index contributed by atoms with van der Waals surface area (Å²) in [5.74, 6) is 1.65. The van der Waals surface area contributed by atoms with E-state index in [0.29, 0.717) is 12.3 Å². The second-order valence-corrected chi connectivity index (χ2v) is 5.42. The minimum absolute atomic E-state index is 0.231. The van der Waals surface area contributed by atoms with E-state index >= 15 is 0 Å². The van der Waals surface area contributed by atoms with Crippen LogP contribution in [-0.4, -0.2) is 31.4 Å². The van der Waals surface area contributed by atoms with Crippen molar-refractivity contribution >= 4 is 5.78 Å². The number of rotatable bonds is 7. The molecule has 0 fully saturated rings. The second kappa shape index (κ2) is 7.29. The van der Waals surface area contributed by atoms with Gasteiger partial charge in [-0.2, -0.15) is 0 Å². The first-order valence-corrected chi connectivity index (χ1v) is 6.78. The second-order valence-electron chi connectivity index (χ2n) is 5.42. The van der Waals surface area contributed by atoms with E-state index in [2.05, 4.69) is 30.9 Å². The van der Waals surface area contributed by atoms with Crippen LogP contribution in [0.5, 0.6) is 5.75 Å². The Morgan fingerprint density at radius 2 is 2.05 bits per heavy atom. The molecule has 0 saturated heterocycles. The van der Waals surface area contributed by atoms with Gasteiger partial charge in [0.05, 0.1) is 7.11 Å². The summed E-state index contributed by atoms with van der Waals surface area (Å²) in [6.07, 6.45) is 0.600. The van der Waals surface area contributed by atoms with Crippen LogP contribution in [0.15, 0.2) is 18.2 Å². The van der Waals surface area contributed by atoms with Gasteiger partial charge < -0.3 is 9.64 Å². The zero-order valence-electron chi connectivity index (χ0n) is 12.7. The summed E-state index contributed by atoms with van der Waals surface area (Å²) in [4.78, 5) is 13.2. The van der Waals surface area contributed by atoms with Crippen molar-refractivity contribution in [3.05, 3.63) is 29.3 Å². The number of ketones is 1. The number of carbonyl (C=O) groups excluding carboxylic acids is 1. The molecular formula is C16H25NO2. The average Bonchev–Trinajstić information content (AvgIpc) is 2.36. The zero-order valence-corrected chi connectivity index (χ0v) is 12.7. The molecule has 0 aromatic heterocycles. The van der Waals surface area contributed by atoms with Gasteiger partial charge in [0.25, 0.3) is 0 Å². The molecule has 0 atom stereocenters. The molecule has 0 spiro atoms. The van der Waals surface area contributed by atoms with Gasteiger partial charge in [-0.3, -0.25) is 4.79 Å². The van der Waals surface area contributed by atoms with Crippen molar-refractivity contribution in [2.45, 2.75) is 39.7 Å². The lowest BCUT2D eigenvalue weighted by molar-refractivity contribution is -0.117. The van der Waals surface area contributed by atoms with Crippen molar-refractivity contribution in [3.63, 3.8) is 0 Å². The molecule has 1 aromatic rings. The molecular weight excluding hydrogens is 238 g/mol. The van der Waals surface area contributed by atoms with Gasteiger partial charge in [0.2, 0.25) is 0 Å². The highest BCUT2D eigenvalue weighted by atomic mass is 16.5. The van der Waals surface area contributed by atoms with Crippen LogP contribution in [0.1, 0.15) is 44.2 Å². The summed E-state index contributed by atoms with van der Waals surface area (Å²) in [6.45, 7) is 7.59. The van der Waals surface area contributed by atoms with Crippen LogP contribution in [0.4, 0.5) is 0 Å². The predicted octanol–water partition coefficient (Wildman–Crippen LogP) is 3.23. The van der Waals surface area contributed by atoms with Gasteiger partial charge in [-0.05, 0) is 31.5 Å². The molecule has 106 valence electrons. The molecule has 3 nitrogen and oxygen atoms in total. The zero-order chi connectivity index (χ0) is 14.4. The molecule has 0 aliphatic heterocycles. The maximum absolute atomic E-state index is 11.0. The lowest BCUT2D eigenvalue weighted by atomic mass is 10.00. The minimum atomic E-state index is 0.231. The molecule has 1 aromatic carbocycles. The molecule has 0 saturated carbocycles. The third-order valence-corrected chi connectivity index (χ3v) is 3.26. The molecule has 0 aliphatic rings. The van der Waals surface area contributed by atoms with Crippen LogP contribution >= 0.6 is 0 Å². The number of carbonyl (C=O) groups is 1. The first kappa shape index (κ1) is 15.7. The van der Waals surface area contributed by atoms with Crippen molar-refractivity contribution in [1.82, 2.24) is 4.90 Å². The fraction of sp³-hybridized carbons (Fsp3) is 0.562. The van der Waals surface area contributed by atoms with E-state index in [-0.39, 0.29) is 5.78 Å². The third kappa shape index (κ3) is 5.03. The summed E-state index contributed by atoms with van der Waals surface area (Å²) in [5, 5.41) is 0. The van der Waals surface area contributed by atoms with E-state index in [1.807, 2.05) is 13.1 Å². The molecule has 3 heteroatoms. The van der Waals surface area contributed by atoms with Gasteiger partial charge in [0, 0.05) is 25.1 Å². The van der Waals surface area contributed by atoms with Crippen LogP contribution in [-0.2, 0) is 11.3 Å². The maximum Gasteiger partial charge on any atom is 0.131 e. The summed E-state index contributed by atoms with van der Waals surface area (Å²) < 4.78 is 5.41. The van der Waals surface area contributed by atoms with E-state index in [9.17, 15) is 4.79 Å². The highest BCUT2D eigenvalue weighted by Crippen LogP contribution is 2.25. The molecule has 0 aliphatic carbocycles. The molecule has 0 bridgehead atoms. The Balaban J connectivity index is 2.79. The Morgan fingerprint density at radius 3 is 2.58 bits per heavy atom. The van der Waals surface area contributed by atoms with E-state index in [4.69, 9.17) is 4.74 Å². The summed E-state index contributed by atoms with van der Waals surface area (Å²) in [7, 11) is 3.73. The minimum Gasteiger partial charge on any atom is -0.496 e. The van der Waals surface area contributed by atoms with Gasteiger partial charge in [-0.1, -0.05) is 26.0 Å². The number of hydrogen-bond donors (Lipinski definition) is 0. The van der Waals surface area contributed by atoms with Gasteiger partial charge in [0.1, 0.15) is 11.5 Å². The van der Waals surface area contributed by atoms with E-state index in [1.165, 1.54) is 11.1 Å². The summed E-state index contributed by atoms with van der Waals surface area (Å²) >= 11 is 0. The predicted molar refractivity (Wildman–Crippen MR) is 78.7 cm³/mol. The van der Waals surface area contributed by atoms with Crippen molar-refractivity contribution in [2.24, 2.45) is 0 Å². The monoisotopic (exact) mass is 263 g/mol. The van der Waals surface area contributed by atoms with Gasteiger partial charge >= 0.3 is 0 Å². The molecule has 0 heterocycles. The number of nitrogens with zero attached hydrogens (tertiary/aromatic N) is 1. The molecule has 19 heavy (non-hydrogen) atoms. The van der Waals surface area contributed by atoms with Crippen LogP contribution in [0.25, 0.3) is 0 Å². The van der Waals surface area contributed by atoms with Crippen LogP contribution < -0.4 is 4.74 Å². The van der Waals surface area contributed by atoms with Crippen LogP contribution in [0.2, 0.25) is 0 Å². The average molecular weight is 263 g/mol. The summed E-state index contributed by atoms with van der Waals surface area (Å²) in [5.41, 5.74) is 2.50. The third-order valence-electron chi connectivity index (χ3n) is 3.26. The molecule has 0 radical (unpaired) electrons. The van der Waals surface area contributed by atoms with Crippen molar-refractivity contribution in [1.29, 1.82) is 0 Å². The normalized spacial score (nSPS) is 11.1. The quantitative estimate of drug-likeness (QED) is 0.756. The Bertz CT molecular complexity index is 427. The SMILES string of the molecule is COc1ccc(C(C)C)cc1CN(C)CCC(C)=O. The van der Waals surface area contributed by atoms with Crippen LogP contribution in [0.3, 0.4) is 0 Å². The number of benzene rings is 1. The topological polar surface area (TPSA) is 29.5 Å². The maximum atomic E-state index is 11.0. The first-order valence-electron chi connectivity index (χ1n) is 6.78. The smallest absolute Gasteiger partial charge is 0.131 e. The Labute approximate surface area is 116 Å². The number of ether oxygens (including phenoxy) is 1. The standard InChI is InChI=1S/C16H25NO2/c1-12(2)14-6-7-16(19-5)15(10-14)11-17(4)9-8-13(3)18/h6-7,10,12H,8-9,11H2,1-5H3. The van der Waals surface area contributed by atoms with Gasteiger partial charge in [-0.15, -0.1) is 0 Å². The van der Waals surface area contributed by atoms with Crippen LogP contribution in [0, 0.1) is 0 Å². The molecule has 0 N–H and O–H groups in total. The lowest BCUT2D eigenvalue weighted by Gasteiger charge is -2.19. The van der Waals surface area contributed by atoms with Crippen molar-refractivity contribution < 1.29 is 9.53 Å². The molecule has 0 amide bonds. The van der Waals surface area contributed by atoms with E-state index < -0.39 is 0 Å².